The van der Waals surface area contributed by atoms with Gasteiger partial charge in [0.25, 0.3) is 0 Å². The zero-order valence-corrected chi connectivity index (χ0v) is 16.4. The fourth-order valence-corrected chi connectivity index (χ4v) is 3.16. The van der Waals surface area contributed by atoms with Gasteiger partial charge >= 0.3 is 0 Å². The van der Waals surface area contributed by atoms with Gasteiger partial charge in [0.1, 0.15) is 23.7 Å². The highest BCUT2D eigenvalue weighted by Gasteiger charge is 2.22. The number of piperazine rings is 1. The summed E-state index contributed by atoms with van der Waals surface area (Å²) in [5.74, 6) is 1.26. The van der Waals surface area contributed by atoms with Crippen molar-refractivity contribution >= 4 is 17.6 Å². The number of halogens is 1. The molecule has 3 aromatic rings. The number of hydrogen-bond acceptors (Lipinski definition) is 9. The number of hydrogen-bond donors (Lipinski definition) is 5. The molecule has 2 aromatic heterocycles. The van der Waals surface area contributed by atoms with E-state index in [9.17, 15) is 9.50 Å². The van der Waals surface area contributed by atoms with E-state index in [0.717, 1.165) is 11.3 Å². The summed E-state index contributed by atoms with van der Waals surface area (Å²) in [5, 5.41) is 22.4. The standard InChI is InChI=1S/C20H23FN8O/c1-12(13-2-4-14(21)5-3-13)26-20-27-15(16-9-25-19(30)11-24-16)8-17(29-20)28-18-10-22-6-7-23-18/h2-8,10,12,16,19,24-25,30H,9,11H2,1H3,(H2,23,26,27,28,29)/t12?,16?,19-/m0/s1. The Morgan fingerprint density at radius 1 is 1.10 bits per heavy atom. The summed E-state index contributed by atoms with van der Waals surface area (Å²) in [6, 6.07) is 7.90. The van der Waals surface area contributed by atoms with Gasteiger partial charge in [-0.2, -0.15) is 4.98 Å². The predicted octanol–water partition coefficient (Wildman–Crippen LogP) is 1.87. The van der Waals surface area contributed by atoms with Crippen LogP contribution in [0, 0.1) is 5.82 Å². The first kappa shape index (κ1) is 20.1. The molecular formula is C20H23FN8O. The fraction of sp³-hybridized carbons (Fsp3) is 0.300. The maximum atomic E-state index is 13.2. The number of rotatable bonds is 6. The van der Waals surface area contributed by atoms with Gasteiger partial charge in [-0.05, 0) is 24.6 Å². The highest BCUT2D eigenvalue weighted by atomic mass is 19.1. The van der Waals surface area contributed by atoms with Crippen LogP contribution in [0.25, 0.3) is 0 Å². The summed E-state index contributed by atoms with van der Waals surface area (Å²) in [6.07, 6.45) is 4.20. The quantitative estimate of drug-likeness (QED) is 0.415. The van der Waals surface area contributed by atoms with Crippen LogP contribution in [0.2, 0.25) is 0 Å². The smallest absolute Gasteiger partial charge is 0.225 e. The molecule has 1 aliphatic rings. The molecule has 3 heterocycles. The lowest BCUT2D eigenvalue weighted by molar-refractivity contribution is 0.105. The van der Waals surface area contributed by atoms with E-state index in [-0.39, 0.29) is 17.9 Å². The average Bonchev–Trinajstić information content (AvgIpc) is 2.75. The van der Waals surface area contributed by atoms with Gasteiger partial charge in [0.05, 0.1) is 24.0 Å². The lowest BCUT2D eigenvalue weighted by Crippen LogP contribution is -2.50. The predicted molar refractivity (Wildman–Crippen MR) is 111 cm³/mol. The Balaban J connectivity index is 1.59. The fourth-order valence-electron chi connectivity index (χ4n) is 3.16. The lowest BCUT2D eigenvalue weighted by atomic mass is 10.1. The van der Waals surface area contributed by atoms with Crippen LogP contribution in [0.15, 0.2) is 48.9 Å². The summed E-state index contributed by atoms with van der Waals surface area (Å²) in [6.45, 7) is 2.89. The van der Waals surface area contributed by atoms with E-state index in [1.54, 1.807) is 30.7 Å². The van der Waals surface area contributed by atoms with Crippen molar-refractivity contribution in [3.8, 4) is 0 Å². The van der Waals surface area contributed by atoms with Gasteiger partial charge in [0.15, 0.2) is 0 Å². The second-order valence-electron chi connectivity index (χ2n) is 7.02. The Kier molecular flexibility index (Phi) is 6.07. The maximum absolute atomic E-state index is 13.2. The number of nitrogens with one attached hydrogen (secondary N) is 4. The molecule has 0 bridgehead atoms. The van der Waals surface area contributed by atoms with Crippen molar-refractivity contribution in [2.45, 2.75) is 25.2 Å². The second-order valence-corrected chi connectivity index (χ2v) is 7.02. The van der Waals surface area contributed by atoms with Crippen molar-refractivity contribution in [3.63, 3.8) is 0 Å². The van der Waals surface area contributed by atoms with Crippen LogP contribution in [-0.2, 0) is 0 Å². The van der Waals surface area contributed by atoms with Crippen LogP contribution in [0.4, 0.5) is 22.0 Å². The number of β-amino-alcohol motifs (C(OH)–C–C–N with tert-alkyl or cyclic N) is 1. The summed E-state index contributed by atoms with van der Waals surface area (Å²) in [4.78, 5) is 17.5. The number of benzene rings is 1. The minimum atomic E-state index is -0.587. The third-order valence-electron chi connectivity index (χ3n) is 4.75. The van der Waals surface area contributed by atoms with Crippen molar-refractivity contribution in [2.24, 2.45) is 0 Å². The molecule has 9 nitrogen and oxygen atoms in total. The van der Waals surface area contributed by atoms with Gasteiger partial charge in [-0.1, -0.05) is 12.1 Å². The first-order valence-electron chi connectivity index (χ1n) is 9.65. The summed E-state index contributed by atoms with van der Waals surface area (Å²) in [5.41, 5.74) is 1.67. The topological polar surface area (TPSA) is 120 Å². The molecule has 0 radical (unpaired) electrons. The van der Waals surface area contributed by atoms with Gasteiger partial charge in [0.2, 0.25) is 5.95 Å². The molecule has 5 N–H and O–H groups in total. The van der Waals surface area contributed by atoms with Crippen LogP contribution in [-0.4, -0.2) is 44.4 Å². The maximum Gasteiger partial charge on any atom is 0.225 e. The van der Waals surface area contributed by atoms with Crippen molar-refractivity contribution in [2.75, 3.05) is 23.7 Å². The molecule has 10 heteroatoms. The zero-order valence-electron chi connectivity index (χ0n) is 16.4. The van der Waals surface area contributed by atoms with E-state index in [4.69, 9.17) is 0 Å². The Bertz CT molecular complexity index is 964. The van der Waals surface area contributed by atoms with Crippen molar-refractivity contribution < 1.29 is 9.50 Å². The van der Waals surface area contributed by atoms with Crippen LogP contribution in [0.3, 0.4) is 0 Å². The van der Waals surface area contributed by atoms with E-state index in [1.807, 2.05) is 13.0 Å². The molecule has 2 unspecified atom stereocenters. The molecule has 30 heavy (non-hydrogen) atoms. The van der Waals surface area contributed by atoms with E-state index in [0.29, 0.717) is 30.7 Å². The molecule has 0 aliphatic carbocycles. The van der Waals surface area contributed by atoms with Crippen LogP contribution >= 0.6 is 0 Å². The minimum Gasteiger partial charge on any atom is -0.377 e. The minimum absolute atomic E-state index is 0.0968. The van der Waals surface area contributed by atoms with Gasteiger partial charge < -0.3 is 21.1 Å². The van der Waals surface area contributed by atoms with Crippen molar-refractivity contribution in [3.05, 3.63) is 66.0 Å². The van der Waals surface area contributed by atoms with Crippen molar-refractivity contribution in [1.29, 1.82) is 0 Å². The number of nitrogens with zero attached hydrogens (tertiary/aromatic N) is 4. The summed E-state index contributed by atoms with van der Waals surface area (Å²) >= 11 is 0. The van der Waals surface area contributed by atoms with E-state index in [2.05, 4.69) is 41.2 Å². The lowest BCUT2D eigenvalue weighted by Gasteiger charge is -2.28. The van der Waals surface area contributed by atoms with Crippen LogP contribution < -0.4 is 21.3 Å². The molecule has 1 saturated heterocycles. The normalized spacial score (nSPS) is 19.8. The largest absolute Gasteiger partial charge is 0.377 e. The SMILES string of the molecule is CC(Nc1nc(Nc2cnccn2)cc(C2CN[C@@H](O)CN2)n1)c1ccc(F)cc1. The molecular weight excluding hydrogens is 387 g/mol. The Morgan fingerprint density at radius 2 is 1.93 bits per heavy atom. The first-order chi connectivity index (χ1) is 14.6. The molecule has 0 saturated carbocycles. The van der Waals surface area contributed by atoms with E-state index >= 15 is 0 Å². The molecule has 156 valence electrons. The van der Waals surface area contributed by atoms with Gasteiger partial charge in [-0.25, -0.2) is 14.4 Å². The molecule has 1 aromatic carbocycles. The monoisotopic (exact) mass is 410 g/mol. The van der Waals surface area contributed by atoms with Crippen molar-refractivity contribution in [1.82, 2.24) is 30.6 Å². The number of aliphatic hydroxyl groups excluding tert-OH is 1. The van der Waals surface area contributed by atoms with Gasteiger partial charge in [0, 0.05) is 31.5 Å². The number of aliphatic hydroxyl groups is 1. The molecule has 1 aliphatic heterocycles. The third-order valence-corrected chi connectivity index (χ3v) is 4.75. The van der Waals surface area contributed by atoms with Gasteiger partial charge in [-0.3, -0.25) is 10.3 Å². The van der Waals surface area contributed by atoms with E-state index in [1.165, 1.54) is 12.1 Å². The number of aromatic nitrogens is 4. The Morgan fingerprint density at radius 3 is 2.63 bits per heavy atom. The highest BCUT2D eigenvalue weighted by Crippen LogP contribution is 2.23. The Hall–Kier alpha value is -3.21. The van der Waals surface area contributed by atoms with Gasteiger partial charge in [-0.15, -0.1) is 0 Å². The molecule has 3 atom stereocenters. The highest BCUT2D eigenvalue weighted by molar-refractivity contribution is 5.53. The number of anilines is 3. The summed E-state index contributed by atoms with van der Waals surface area (Å²) in [7, 11) is 0. The second kappa shape index (κ2) is 9.08. The van der Waals surface area contributed by atoms with E-state index < -0.39 is 6.23 Å². The zero-order chi connectivity index (χ0) is 20.9. The molecule has 0 amide bonds. The molecule has 0 spiro atoms. The van der Waals surface area contributed by atoms with Crippen LogP contribution in [0.1, 0.15) is 30.3 Å². The van der Waals surface area contributed by atoms with Crippen LogP contribution in [0.5, 0.6) is 0 Å². The third kappa shape index (κ3) is 5.03. The summed E-state index contributed by atoms with van der Waals surface area (Å²) < 4.78 is 13.2. The Labute approximate surface area is 173 Å². The molecule has 1 fully saturated rings. The molecule has 4 rings (SSSR count). The first-order valence-corrected chi connectivity index (χ1v) is 9.65. The average molecular weight is 410 g/mol.